The van der Waals surface area contributed by atoms with Crippen LogP contribution in [0.1, 0.15) is 46.7 Å². The largest absolute Gasteiger partial charge is 0.452 e. The molecule has 0 aromatic heterocycles. The Balaban J connectivity index is 1.25. The van der Waals surface area contributed by atoms with E-state index >= 15 is 0 Å². The van der Waals surface area contributed by atoms with Crippen LogP contribution in [0.3, 0.4) is 0 Å². The molecule has 1 saturated carbocycles. The minimum Gasteiger partial charge on any atom is -0.452 e. The van der Waals surface area contributed by atoms with Crippen LogP contribution < -0.4 is 10.2 Å². The Kier molecular flexibility index (Phi) is 7.29. The lowest BCUT2D eigenvalue weighted by molar-refractivity contribution is -0.122. The number of aryl methyl sites for hydroxylation is 1. The third kappa shape index (κ3) is 5.20. The average molecular weight is 531 g/mol. The van der Waals surface area contributed by atoms with Gasteiger partial charge in [0.2, 0.25) is 11.8 Å². The fourth-order valence-corrected chi connectivity index (χ4v) is 5.54. The van der Waals surface area contributed by atoms with Crippen LogP contribution in [0.2, 0.25) is 5.02 Å². The lowest BCUT2D eigenvalue weighted by Gasteiger charge is -2.28. The van der Waals surface area contributed by atoms with Gasteiger partial charge in [0.25, 0.3) is 5.91 Å². The first-order valence-electron chi connectivity index (χ1n) is 12.6. The molecule has 3 amide bonds. The van der Waals surface area contributed by atoms with Crippen molar-refractivity contribution >= 4 is 46.7 Å². The SMILES string of the molecule is Cc1ccc(Cl)cc1NC(=O)COC(=O)c1cccc(N2C(=O)[C@@H]3CC[C@H](c4ccccc4)C[C@H]3C2=O)c1. The second-order valence-electron chi connectivity index (χ2n) is 9.78. The summed E-state index contributed by atoms with van der Waals surface area (Å²) in [6, 6.07) is 21.4. The van der Waals surface area contributed by atoms with E-state index in [0.29, 0.717) is 29.2 Å². The summed E-state index contributed by atoms with van der Waals surface area (Å²) in [5.74, 6) is -2.20. The Morgan fingerprint density at radius 2 is 1.71 bits per heavy atom. The minimum absolute atomic E-state index is 0.145. The summed E-state index contributed by atoms with van der Waals surface area (Å²) in [5.41, 5.74) is 3.01. The van der Waals surface area contributed by atoms with Gasteiger partial charge in [-0.1, -0.05) is 54.1 Å². The first-order valence-corrected chi connectivity index (χ1v) is 13.0. The van der Waals surface area contributed by atoms with Gasteiger partial charge in [-0.15, -0.1) is 0 Å². The number of amides is 3. The van der Waals surface area contributed by atoms with E-state index in [1.165, 1.54) is 22.6 Å². The quantitative estimate of drug-likeness (QED) is 0.335. The molecule has 0 bridgehead atoms. The summed E-state index contributed by atoms with van der Waals surface area (Å²) in [6.07, 6.45) is 2.12. The van der Waals surface area contributed by atoms with Crippen molar-refractivity contribution in [3.05, 3.63) is 94.5 Å². The van der Waals surface area contributed by atoms with Crippen molar-refractivity contribution in [3.63, 3.8) is 0 Å². The summed E-state index contributed by atoms with van der Waals surface area (Å²) in [4.78, 5) is 52.8. The molecule has 1 saturated heterocycles. The lowest BCUT2D eigenvalue weighted by atomic mass is 9.73. The smallest absolute Gasteiger partial charge is 0.338 e. The topological polar surface area (TPSA) is 92.8 Å². The van der Waals surface area contributed by atoms with Crippen LogP contribution in [-0.2, 0) is 19.1 Å². The maximum Gasteiger partial charge on any atom is 0.338 e. The predicted molar refractivity (Wildman–Crippen MR) is 144 cm³/mol. The van der Waals surface area contributed by atoms with Gasteiger partial charge < -0.3 is 10.1 Å². The lowest BCUT2D eigenvalue weighted by Crippen LogP contribution is -2.31. The van der Waals surface area contributed by atoms with E-state index in [4.69, 9.17) is 16.3 Å². The van der Waals surface area contributed by atoms with Crippen molar-refractivity contribution in [1.29, 1.82) is 0 Å². The Morgan fingerprint density at radius 3 is 2.50 bits per heavy atom. The van der Waals surface area contributed by atoms with Gasteiger partial charge in [-0.25, -0.2) is 4.79 Å². The first kappa shape index (κ1) is 25.7. The van der Waals surface area contributed by atoms with Gasteiger partial charge in [0.05, 0.1) is 23.1 Å². The van der Waals surface area contributed by atoms with Crippen LogP contribution in [0.15, 0.2) is 72.8 Å². The summed E-state index contributed by atoms with van der Waals surface area (Å²) in [5, 5.41) is 3.14. The first-order chi connectivity index (χ1) is 18.3. The fraction of sp³-hybridized carbons (Fsp3) is 0.267. The Labute approximate surface area is 225 Å². The Morgan fingerprint density at radius 1 is 0.947 bits per heavy atom. The van der Waals surface area contributed by atoms with Crippen molar-refractivity contribution in [2.24, 2.45) is 11.8 Å². The van der Waals surface area contributed by atoms with Crippen LogP contribution in [0.4, 0.5) is 11.4 Å². The number of carbonyl (C=O) groups excluding carboxylic acids is 4. The number of nitrogens with one attached hydrogen (secondary N) is 1. The number of carbonyl (C=O) groups is 4. The Hall–Kier alpha value is -3.97. The molecule has 3 aromatic rings. The molecule has 3 aromatic carbocycles. The molecule has 194 valence electrons. The zero-order valence-corrected chi connectivity index (χ0v) is 21.6. The number of fused-ring (bicyclic) bond motifs is 1. The molecule has 0 radical (unpaired) electrons. The van der Waals surface area contributed by atoms with Crippen molar-refractivity contribution in [2.75, 3.05) is 16.8 Å². The third-order valence-corrected chi connectivity index (χ3v) is 7.58. The predicted octanol–water partition coefficient (Wildman–Crippen LogP) is 5.52. The number of hydrogen-bond donors (Lipinski definition) is 1. The average Bonchev–Trinajstić information content (AvgIpc) is 3.18. The minimum atomic E-state index is -0.731. The van der Waals surface area contributed by atoms with Gasteiger partial charge in [0.1, 0.15) is 0 Å². The molecule has 0 unspecified atom stereocenters. The molecule has 38 heavy (non-hydrogen) atoms. The van der Waals surface area contributed by atoms with E-state index < -0.39 is 18.5 Å². The number of ether oxygens (including phenoxy) is 1. The molecule has 2 aliphatic rings. The highest BCUT2D eigenvalue weighted by molar-refractivity contribution is 6.31. The molecule has 1 heterocycles. The molecule has 0 spiro atoms. The maximum absolute atomic E-state index is 13.4. The number of halogens is 1. The standard InChI is InChI=1S/C30H27ClN2O5/c1-18-10-12-22(31)16-26(18)32-27(34)17-38-30(37)21-8-5-9-23(14-21)33-28(35)24-13-11-20(15-25(24)29(33)36)19-6-3-2-4-7-19/h2-10,12,14,16,20,24-25H,11,13,15,17H2,1H3,(H,32,34)/t20-,24+,25+/m0/s1. The molecule has 1 aliphatic heterocycles. The van der Waals surface area contributed by atoms with Gasteiger partial charge in [0, 0.05) is 10.7 Å². The summed E-state index contributed by atoms with van der Waals surface area (Å²) < 4.78 is 5.19. The molecule has 2 fully saturated rings. The van der Waals surface area contributed by atoms with Gasteiger partial charge in [-0.3, -0.25) is 19.3 Å². The third-order valence-electron chi connectivity index (χ3n) is 7.34. The number of anilines is 2. The van der Waals surface area contributed by atoms with E-state index in [-0.39, 0.29) is 35.1 Å². The number of esters is 1. The second-order valence-corrected chi connectivity index (χ2v) is 10.2. The van der Waals surface area contributed by atoms with Crippen molar-refractivity contribution in [3.8, 4) is 0 Å². The van der Waals surface area contributed by atoms with Gasteiger partial charge in [-0.2, -0.15) is 0 Å². The zero-order valence-electron chi connectivity index (χ0n) is 20.9. The number of rotatable bonds is 6. The Bertz CT molecular complexity index is 1410. The highest BCUT2D eigenvalue weighted by Gasteiger charge is 2.50. The molecule has 1 aliphatic carbocycles. The van der Waals surface area contributed by atoms with Crippen molar-refractivity contribution in [2.45, 2.75) is 32.1 Å². The van der Waals surface area contributed by atoms with Crippen molar-refractivity contribution < 1.29 is 23.9 Å². The monoisotopic (exact) mass is 530 g/mol. The molecule has 8 heteroatoms. The van der Waals surface area contributed by atoms with Crippen LogP contribution in [0.5, 0.6) is 0 Å². The second kappa shape index (κ2) is 10.8. The van der Waals surface area contributed by atoms with Crippen LogP contribution >= 0.6 is 11.6 Å². The van der Waals surface area contributed by atoms with E-state index in [1.54, 1.807) is 30.3 Å². The molecule has 1 N–H and O–H groups in total. The number of benzene rings is 3. The molecular formula is C30H27ClN2O5. The van der Waals surface area contributed by atoms with Gasteiger partial charge in [-0.05, 0) is 73.6 Å². The van der Waals surface area contributed by atoms with E-state index in [2.05, 4.69) is 17.4 Å². The van der Waals surface area contributed by atoms with Crippen LogP contribution in [0.25, 0.3) is 0 Å². The summed E-state index contributed by atoms with van der Waals surface area (Å²) in [7, 11) is 0. The number of imide groups is 1. The van der Waals surface area contributed by atoms with E-state index in [9.17, 15) is 19.2 Å². The molecular weight excluding hydrogens is 504 g/mol. The summed E-state index contributed by atoms with van der Waals surface area (Å²) in [6.45, 7) is 1.32. The summed E-state index contributed by atoms with van der Waals surface area (Å²) >= 11 is 5.98. The normalized spacial score (nSPS) is 20.7. The van der Waals surface area contributed by atoms with E-state index in [0.717, 1.165) is 12.0 Å². The number of nitrogens with zero attached hydrogens (tertiary/aromatic N) is 1. The van der Waals surface area contributed by atoms with Crippen LogP contribution in [-0.4, -0.2) is 30.3 Å². The zero-order chi connectivity index (χ0) is 26.8. The molecule has 7 nitrogen and oxygen atoms in total. The van der Waals surface area contributed by atoms with Gasteiger partial charge >= 0.3 is 5.97 Å². The fourth-order valence-electron chi connectivity index (χ4n) is 5.36. The van der Waals surface area contributed by atoms with Crippen LogP contribution in [0, 0.1) is 18.8 Å². The highest BCUT2D eigenvalue weighted by Crippen LogP contribution is 2.45. The molecule has 3 atom stereocenters. The van der Waals surface area contributed by atoms with Gasteiger partial charge in [0.15, 0.2) is 6.61 Å². The van der Waals surface area contributed by atoms with Crippen molar-refractivity contribution in [1.82, 2.24) is 0 Å². The van der Waals surface area contributed by atoms with E-state index in [1.807, 2.05) is 25.1 Å². The molecule has 5 rings (SSSR count). The maximum atomic E-state index is 13.4. The highest BCUT2D eigenvalue weighted by atomic mass is 35.5. The number of hydrogen-bond acceptors (Lipinski definition) is 5.